The molecule has 2 heterocycles. The van der Waals surface area contributed by atoms with Crippen LogP contribution in [-0.4, -0.2) is 21.2 Å². The van der Waals surface area contributed by atoms with Crippen LogP contribution in [0.2, 0.25) is 5.15 Å². The third-order valence-corrected chi connectivity index (χ3v) is 4.31. The largest absolute Gasteiger partial charge is 0.418 e. The summed E-state index contributed by atoms with van der Waals surface area (Å²) in [5.74, 6) is 0.166. The highest BCUT2D eigenvalue weighted by Gasteiger charge is 2.15. The van der Waals surface area contributed by atoms with E-state index in [1.807, 2.05) is 25.1 Å². The Hall–Kier alpha value is -2.68. The van der Waals surface area contributed by atoms with Crippen molar-refractivity contribution in [2.24, 2.45) is 0 Å². The van der Waals surface area contributed by atoms with E-state index in [-0.39, 0.29) is 17.6 Å². The Labute approximate surface area is 158 Å². The molecule has 0 unspecified atom stereocenters. The van der Waals surface area contributed by atoms with Gasteiger partial charge in [-0.15, -0.1) is 0 Å². The van der Waals surface area contributed by atoms with Gasteiger partial charge >= 0.3 is 6.09 Å². The molecule has 134 valence electrons. The van der Waals surface area contributed by atoms with Gasteiger partial charge < -0.3 is 15.2 Å². The minimum atomic E-state index is -0.690. The Morgan fingerprint density at radius 3 is 2.92 bits per heavy atom. The predicted octanol–water partition coefficient (Wildman–Crippen LogP) is 4.35. The summed E-state index contributed by atoms with van der Waals surface area (Å²) in [6.07, 6.45) is 0.788. The molecule has 9 heteroatoms. The Balaban J connectivity index is 1.73. The number of nitrogens with zero attached hydrogens (tertiary/aromatic N) is 2. The maximum absolute atomic E-state index is 12.1. The van der Waals surface area contributed by atoms with Crippen LogP contribution in [0.25, 0.3) is 0 Å². The molecular formula is C17H15ClN4O3S. The van der Waals surface area contributed by atoms with Crippen molar-refractivity contribution in [2.45, 2.75) is 13.5 Å². The number of rotatable bonds is 5. The van der Waals surface area contributed by atoms with Crippen molar-refractivity contribution < 1.29 is 14.6 Å². The molecule has 0 aliphatic rings. The standard InChI is InChI=1S/C17H15ClN4O3S/c1-10-20-15(25-17(24)22-13-5-6-19-14(18)8-13)16(26-10)21-12-4-2-3-11(7-12)9-23/h2-8,21,23H,9H2,1H3,(H,19,22,24). The molecule has 7 nitrogen and oxygen atoms in total. The number of hydrogen-bond acceptors (Lipinski definition) is 7. The number of ether oxygens (including phenoxy) is 1. The van der Waals surface area contributed by atoms with E-state index >= 15 is 0 Å². The molecule has 0 atom stereocenters. The molecule has 3 aromatic rings. The number of aryl methyl sites for hydroxylation is 1. The number of carbonyl (C=O) groups is 1. The number of aromatic nitrogens is 2. The molecular weight excluding hydrogens is 376 g/mol. The summed E-state index contributed by atoms with van der Waals surface area (Å²) in [6, 6.07) is 10.4. The SMILES string of the molecule is Cc1nc(OC(=O)Nc2ccnc(Cl)c2)c(Nc2cccc(CO)c2)s1. The lowest BCUT2D eigenvalue weighted by molar-refractivity contribution is 0.214. The Morgan fingerprint density at radius 1 is 1.31 bits per heavy atom. The second-order valence-electron chi connectivity index (χ2n) is 5.23. The second kappa shape index (κ2) is 8.13. The van der Waals surface area contributed by atoms with Crippen LogP contribution in [-0.2, 0) is 6.61 Å². The summed E-state index contributed by atoms with van der Waals surface area (Å²) in [7, 11) is 0. The quantitative estimate of drug-likeness (QED) is 0.560. The minimum absolute atomic E-state index is 0.0580. The van der Waals surface area contributed by atoms with E-state index < -0.39 is 6.09 Å². The molecule has 26 heavy (non-hydrogen) atoms. The van der Waals surface area contributed by atoms with Crippen molar-refractivity contribution >= 4 is 45.4 Å². The summed E-state index contributed by atoms with van der Waals surface area (Å²) < 4.78 is 5.31. The van der Waals surface area contributed by atoms with Gasteiger partial charge in [0.25, 0.3) is 5.88 Å². The van der Waals surface area contributed by atoms with E-state index in [9.17, 15) is 9.90 Å². The normalized spacial score (nSPS) is 10.4. The molecule has 0 radical (unpaired) electrons. The van der Waals surface area contributed by atoms with Gasteiger partial charge in [-0.25, -0.2) is 14.8 Å². The lowest BCUT2D eigenvalue weighted by atomic mass is 10.2. The highest BCUT2D eigenvalue weighted by Crippen LogP contribution is 2.34. The zero-order valence-corrected chi connectivity index (χ0v) is 15.3. The highest BCUT2D eigenvalue weighted by molar-refractivity contribution is 7.16. The Bertz CT molecular complexity index is 932. The smallest absolute Gasteiger partial charge is 0.392 e. The van der Waals surface area contributed by atoms with Crippen LogP contribution in [0.3, 0.4) is 0 Å². The molecule has 0 aliphatic carbocycles. The molecule has 0 fully saturated rings. The maximum Gasteiger partial charge on any atom is 0.418 e. The molecule has 1 aromatic carbocycles. The third-order valence-electron chi connectivity index (χ3n) is 3.23. The molecule has 3 N–H and O–H groups in total. The number of carbonyl (C=O) groups excluding carboxylic acids is 1. The van der Waals surface area contributed by atoms with Crippen molar-refractivity contribution in [3.63, 3.8) is 0 Å². The first kappa shape index (κ1) is 18.1. The molecule has 0 saturated carbocycles. The van der Waals surface area contributed by atoms with Gasteiger partial charge in [-0.3, -0.25) is 5.32 Å². The van der Waals surface area contributed by atoms with Crippen LogP contribution in [0.5, 0.6) is 5.88 Å². The van der Waals surface area contributed by atoms with Crippen LogP contribution in [0.4, 0.5) is 21.2 Å². The minimum Gasteiger partial charge on any atom is -0.392 e. The topological polar surface area (TPSA) is 96.4 Å². The van der Waals surface area contributed by atoms with Crippen LogP contribution in [0.15, 0.2) is 42.6 Å². The number of hydrogen-bond donors (Lipinski definition) is 3. The van der Waals surface area contributed by atoms with Crippen molar-refractivity contribution in [1.29, 1.82) is 0 Å². The van der Waals surface area contributed by atoms with E-state index in [2.05, 4.69) is 20.6 Å². The van der Waals surface area contributed by atoms with Crippen LogP contribution < -0.4 is 15.4 Å². The van der Waals surface area contributed by atoms with Crippen LogP contribution in [0.1, 0.15) is 10.6 Å². The van der Waals surface area contributed by atoms with Crippen LogP contribution >= 0.6 is 22.9 Å². The van der Waals surface area contributed by atoms with Crippen molar-refractivity contribution in [1.82, 2.24) is 9.97 Å². The highest BCUT2D eigenvalue weighted by atomic mass is 35.5. The van der Waals surface area contributed by atoms with E-state index in [0.717, 1.165) is 16.3 Å². The fraction of sp³-hybridized carbons (Fsp3) is 0.118. The van der Waals surface area contributed by atoms with Gasteiger partial charge in [0.05, 0.1) is 11.6 Å². The van der Waals surface area contributed by atoms with E-state index in [1.165, 1.54) is 23.6 Å². The number of benzene rings is 1. The summed E-state index contributed by atoms with van der Waals surface area (Å²) in [6.45, 7) is 1.75. The summed E-state index contributed by atoms with van der Waals surface area (Å²) >= 11 is 7.14. The number of nitrogens with one attached hydrogen (secondary N) is 2. The maximum atomic E-state index is 12.1. The molecule has 2 aromatic heterocycles. The number of halogens is 1. The predicted molar refractivity (Wildman–Crippen MR) is 101 cm³/mol. The van der Waals surface area contributed by atoms with Gasteiger partial charge in [-0.05, 0) is 36.8 Å². The molecule has 0 aliphatic heterocycles. The fourth-order valence-electron chi connectivity index (χ4n) is 2.15. The summed E-state index contributed by atoms with van der Waals surface area (Å²) in [5.41, 5.74) is 1.99. The van der Waals surface area contributed by atoms with Crippen molar-refractivity contribution in [3.8, 4) is 5.88 Å². The van der Waals surface area contributed by atoms with Gasteiger partial charge in [0, 0.05) is 17.6 Å². The number of aliphatic hydroxyl groups excluding tert-OH is 1. The first-order valence-corrected chi connectivity index (χ1v) is 8.77. The van der Waals surface area contributed by atoms with E-state index in [0.29, 0.717) is 10.7 Å². The third kappa shape index (κ3) is 4.69. The molecule has 3 rings (SSSR count). The van der Waals surface area contributed by atoms with Crippen LogP contribution in [0, 0.1) is 6.92 Å². The number of aliphatic hydroxyl groups is 1. The Morgan fingerprint density at radius 2 is 2.15 bits per heavy atom. The average Bonchev–Trinajstić information content (AvgIpc) is 2.93. The summed E-state index contributed by atoms with van der Waals surface area (Å²) in [5, 5.41) is 16.5. The first-order valence-electron chi connectivity index (χ1n) is 7.58. The van der Waals surface area contributed by atoms with Gasteiger partial charge in [0.15, 0.2) is 5.00 Å². The monoisotopic (exact) mass is 390 g/mol. The number of amides is 1. The zero-order chi connectivity index (χ0) is 18.5. The lowest BCUT2D eigenvalue weighted by Crippen LogP contribution is -2.17. The van der Waals surface area contributed by atoms with Gasteiger partial charge in [0.1, 0.15) is 5.15 Å². The first-order chi connectivity index (χ1) is 12.5. The average molecular weight is 391 g/mol. The second-order valence-corrected chi connectivity index (χ2v) is 6.82. The van der Waals surface area contributed by atoms with Crippen molar-refractivity contribution in [2.75, 3.05) is 10.6 Å². The summed E-state index contributed by atoms with van der Waals surface area (Å²) in [4.78, 5) is 20.2. The molecule has 0 spiro atoms. The molecule has 1 amide bonds. The van der Waals surface area contributed by atoms with E-state index in [1.54, 1.807) is 12.1 Å². The fourth-order valence-corrected chi connectivity index (χ4v) is 3.09. The van der Waals surface area contributed by atoms with Crippen molar-refractivity contribution in [3.05, 3.63) is 58.3 Å². The lowest BCUT2D eigenvalue weighted by Gasteiger charge is -2.08. The van der Waals surface area contributed by atoms with Gasteiger partial charge in [-0.2, -0.15) is 0 Å². The van der Waals surface area contributed by atoms with Gasteiger partial charge in [0.2, 0.25) is 0 Å². The Kier molecular flexibility index (Phi) is 5.67. The number of thiazole rings is 1. The zero-order valence-electron chi connectivity index (χ0n) is 13.7. The number of pyridine rings is 1. The van der Waals surface area contributed by atoms with Gasteiger partial charge in [-0.1, -0.05) is 35.1 Å². The molecule has 0 bridgehead atoms. The van der Waals surface area contributed by atoms with E-state index in [4.69, 9.17) is 16.3 Å². The molecule has 0 saturated heterocycles. The number of anilines is 3.